The van der Waals surface area contributed by atoms with E-state index in [9.17, 15) is 4.39 Å². The molecule has 0 bridgehead atoms. The van der Waals surface area contributed by atoms with Crippen molar-refractivity contribution in [3.05, 3.63) is 78.0 Å². The van der Waals surface area contributed by atoms with Gasteiger partial charge in [0.05, 0.1) is 12.2 Å². The highest BCUT2D eigenvalue weighted by molar-refractivity contribution is 5.73. The molecule has 0 saturated heterocycles. The summed E-state index contributed by atoms with van der Waals surface area (Å²) in [6, 6.07) is 21.6. The summed E-state index contributed by atoms with van der Waals surface area (Å²) in [5.41, 5.74) is 7.63. The van der Waals surface area contributed by atoms with Gasteiger partial charge in [-0.05, 0) is 41.7 Å². The molecule has 0 unspecified atom stereocenters. The molecule has 1 aliphatic heterocycles. The average Bonchev–Trinajstić information content (AvgIpc) is 2.98. The van der Waals surface area contributed by atoms with Crippen LogP contribution in [-0.2, 0) is 13.0 Å². The molecule has 4 rings (SSSR count). The van der Waals surface area contributed by atoms with Crippen molar-refractivity contribution in [2.24, 2.45) is 0 Å². The van der Waals surface area contributed by atoms with Crippen molar-refractivity contribution in [1.82, 2.24) is 0 Å². The van der Waals surface area contributed by atoms with Gasteiger partial charge in [-0.1, -0.05) is 36.4 Å². The smallest absolute Gasteiger partial charge is 0.213 e. The highest BCUT2D eigenvalue weighted by atomic mass is 19.1. The van der Waals surface area contributed by atoms with Gasteiger partial charge in [0.25, 0.3) is 0 Å². The van der Waals surface area contributed by atoms with Gasteiger partial charge in [0.2, 0.25) is 5.69 Å². The van der Waals surface area contributed by atoms with E-state index in [0.29, 0.717) is 6.42 Å². The minimum absolute atomic E-state index is 0.246. The molecular formula is C21H19FN+. The number of pyridine rings is 1. The maximum atomic E-state index is 12.3. The highest BCUT2D eigenvalue weighted by Gasteiger charge is 2.25. The maximum absolute atomic E-state index is 12.3. The molecule has 0 atom stereocenters. The summed E-state index contributed by atoms with van der Waals surface area (Å²) >= 11 is 0. The Morgan fingerprint density at radius 3 is 2.57 bits per heavy atom. The van der Waals surface area contributed by atoms with Crippen LogP contribution in [0.5, 0.6) is 0 Å². The van der Waals surface area contributed by atoms with Crippen molar-refractivity contribution in [1.29, 1.82) is 0 Å². The number of nitrogens with zero attached hydrogens (tertiary/aromatic N) is 1. The van der Waals surface area contributed by atoms with Gasteiger partial charge in [0.1, 0.15) is 0 Å². The molecule has 0 radical (unpaired) electrons. The van der Waals surface area contributed by atoms with Gasteiger partial charge in [-0.25, -0.2) is 0 Å². The second kappa shape index (κ2) is 5.96. The lowest BCUT2D eigenvalue weighted by Gasteiger charge is -2.05. The Hall–Kier alpha value is -2.48. The van der Waals surface area contributed by atoms with Gasteiger partial charge in [-0.2, -0.15) is 4.57 Å². The van der Waals surface area contributed by atoms with E-state index in [4.69, 9.17) is 0 Å². The summed E-state index contributed by atoms with van der Waals surface area (Å²) in [5.74, 6) is 0. The van der Waals surface area contributed by atoms with Crippen molar-refractivity contribution in [3.8, 4) is 22.4 Å². The second-order valence-electron chi connectivity index (χ2n) is 6.08. The van der Waals surface area contributed by atoms with Crippen LogP contribution in [0.25, 0.3) is 22.4 Å². The molecule has 23 heavy (non-hydrogen) atoms. The van der Waals surface area contributed by atoms with E-state index in [1.165, 1.54) is 33.5 Å². The van der Waals surface area contributed by atoms with Crippen molar-refractivity contribution in [2.45, 2.75) is 19.4 Å². The largest absolute Gasteiger partial charge is 0.251 e. The monoisotopic (exact) mass is 304 g/mol. The summed E-state index contributed by atoms with van der Waals surface area (Å²) in [6.45, 7) is 0.706. The number of alkyl halides is 1. The van der Waals surface area contributed by atoms with Crippen molar-refractivity contribution >= 4 is 0 Å². The van der Waals surface area contributed by atoms with Crippen molar-refractivity contribution in [3.63, 3.8) is 0 Å². The second-order valence-corrected chi connectivity index (χ2v) is 6.08. The molecule has 0 saturated carbocycles. The van der Waals surface area contributed by atoms with Crippen LogP contribution in [0.1, 0.15) is 17.5 Å². The summed E-state index contributed by atoms with van der Waals surface area (Å²) in [6.07, 6.45) is 3.55. The first kappa shape index (κ1) is 14.1. The lowest BCUT2D eigenvalue weighted by Crippen LogP contribution is -2.31. The minimum atomic E-state index is -0.246. The van der Waals surface area contributed by atoms with Gasteiger partial charge in [0, 0.05) is 17.7 Å². The minimum Gasteiger partial charge on any atom is -0.251 e. The Bertz CT molecular complexity index is 837. The summed E-state index contributed by atoms with van der Waals surface area (Å²) < 4.78 is 14.6. The molecular weight excluding hydrogens is 285 g/mol. The number of benzene rings is 2. The number of aromatic nitrogens is 1. The predicted molar refractivity (Wildman–Crippen MR) is 90.9 cm³/mol. The van der Waals surface area contributed by atoms with Crippen LogP contribution in [0.2, 0.25) is 0 Å². The van der Waals surface area contributed by atoms with Gasteiger partial charge < -0.3 is 0 Å². The zero-order valence-electron chi connectivity index (χ0n) is 13.0. The Kier molecular flexibility index (Phi) is 3.66. The summed E-state index contributed by atoms with van der Waals surface area (Å²) in [4.78, 5) is 0. The van der Waals surface area contributed by atoms with Gasteiger partial charge in [0.15, 0.2) is 12.7 Å². The molecule has 114 valence electrons. The number of fused-ring (bicyclic) bond motifs is 3. The van der Waals surface area contributed by atoms with Gasteiger partial charge in [-0.15, -0.1) is 0 Å². The zero-order chi connectivity index (χ0) is 15.6. The van der Waals surface area contributed by atoms with E-state index < -0.39 is 0 Å². The highest BCUT2D eigenvalue weighted by Crippen LogP contribution is 2.31. The van der Waals surface area contributed by atoms with E-state index in [1.54, 1.807) is 0 Å². The quantitative estimate of drug-likeness (QED) is 0.486. The third-order valence-electron chi connectivity index (χ3n) is 4.55. The standard InChI is InChI=1S/C21H19FN/c22-12-3-4-16-6-8-17(9-7-16)18-10-11-19-15-23-13-2-1-5-21(23)20(19)14-18/h1-2,5-11,13-14H,3-4,12,15H2/q+1. The van der Waals surface area contributed by atoms with Gasteiger partial charge in [-0.3, -0.25) is 4.39 Å². The molecule has 1 aliphatic rings. The average molecular weight is 304 g/mol. The molecule has 0 aliphatic carbocycles. The van der Waals surface area contributed by atoms with Crippen LogP contribution >= 0.6 is 0 Å². The molecule has 0 fully saturated rings. The van der Waals surface area contributed by atoms with Crippen LogP contribution in [0, 0.1) is 0 Å². The first-order chi connectivity index (χ1) is 11.3. The molecule has 2 heterocycles. The maximum Gasteiger partial charge on any atom is 0.213 e. The topological polar surface area (TPSA) is 3.88 Å². The lowest BCUT2D eigenvalue weighted by atomic mass is 9.97. The third-order valence-corrected chi connectivity index (χ3v) is 4.55. The molecule has 1 nitrogen and oxygen atoms in total. The number of halogens is 1. The Morgan fingerprint density at radius 1 is 0.913 bits per heavy atom. The van der Waals surface area contributed by atoms with E-state index in [0.717, 1.165) is 13.0 Å². The SMILES string of the molecule is FCCCc1ccc(-c2ccc3c(c2)-c2cccc[n+]2C3)cc1. The van der Waals surface area contributed by atoms with E-state index >= 15 is 0 Å². The molecule has 0 N–H and O–H groups in total. The fourth-order valence-electron chi connectivity index (χ4n) is 3.31. The molecule has 2 heteroatoms. The number of aryl methyl sites for hydroxylation is 1. The molecule has 1 aromatic heterocycles. The molecule has 0 spiro atoms. The van der Waals surface area contributed by atoms with E-state index in [1.807, 2.05) is 0 Å². The molecule has 0 amide bonds. The van der Waals surface area contributed by atoms with Crippen molar-refractivity contribution in [2.75, 3.05) is 6.67 Å². The normalized spacial score (nSPS) is 12.0. The lowest BCUT2D eigenvalue weighted by molar-refractivity contribution is -0.672. The fourth-order valence-corrected chi connectivity index (χ4v) is 3.31. The Labute approximate surface area is 136 Å². The van der Waals surface area contributed by atoms with Crippen molar-refractivity contribution < 1.29 is 8.96 Å². The van der Waals surface area contributed by atoms with Crippen LogP contribution in [-0.4, -0.2) is 6.67 Å². The van der Waals surface area contributed by atoms with E-state index in [-0.39, 0.29) is 6.67 Å². The number of hydrogen-bond donors (Lipinski definition) is 0. The summed E-state index contributed by atoms with van der Waals surface area (Å²) in [5, 5.41) is 0. The fraction of sp³-hybridized carbons (Fsp3) is 0.190. The zero-order valence-corrected chi connectivity index (χ0v) is 13.0. The van der Waals surface area contributed by atoms with E-state index in [2.05, 4.69) is 71.4 Å². The van der Waals surface area contributed by atoms with Crippen LogP contribution in [0.3, 0.4) is 0 Å². The predicted octanol–water partition coefficient (Wildman–Crippen LogP) is 4.57. The Morgan fingerprint density at radius 2 is 1.74 bits per heavy atom. The first-order valence-electron chi connectivity index (χ1n) is 8.12. The molecule has 3 aromatic rings. The van der Waals surface area contributed by atoms with Crippen LogP contribution in [0.4, 0.5) is 4.39 Å². The first-order valence-corrected chi connectivity index (χ1v) is 8.12. The Balaban J connectivity index is 1.67. The number of rotatable bonds is 4. The third kappa shape index (κ3) is 2.65. The molecule has 2 aromatic carbocycles. The van der Waals surface area contributed by atoms with Crippen LogP contribution in [0.15, 0.2) is 66.9 Å². The van der Waals surface area contributed by atoms with Crippen LogP contribution < -0.4 is 4.57 Å². The summed E-state index contributed by atoms with van der Waals surface area (Å²) in [7, 11) is 0. The number of hydrogen-bond acceptors (Lipinski definition) is 0. The van der Waals surface area contributed by atoms with Gasteiger partial charge >= 0.3 is 0 Å².